The Labute approximate surface area is 128 Å². The third kappa shape index (κ3) is 2.33. The highest BCUT2D eigenvalue weighted by molar-refractivity contribution is 9.10. The van der Waals surface area contributed by atoms with Gasteiger partial charge in [0.25, 0.3) is 11.8 Å². The van der Waals surface area contributed by atoms with Gasteiger partial charge in [0.05, 0.1) is 5.56 Å². The van der Waals surface area contributed by atoms with E-state index in [1.165, 1.54) is 0 Å². The predicted octanol–water partition coefficient (Wildman–Crippen LogP) is 2.16. The van der Waals surface area contributed by atoms with E-state index in [2.05, 4.69) is 15.9 Å². The van der Waals surface area contributed by atoms with Crippen molar-refractivity contribution in [3.8, 4) is 0 Å². The molecule has 0 bridgehead atoms. The molecule has 0 unspecified atom stereocenters. The van der Waals surface area contributed by atoms with E-state index in [1.54, 1.807) is 23.9 Å². The highest BCUT2D eigenvalue weighted by Crippen LogP contribution is 2.26. The van der Waals surface area contributed by atoms with Gasteiger partial charge in [-0.15, -0.1) is 5.06 Å². The molecule has 1 aliphatic heterocycles. The van der Waals surface area contributed by atoms with E-state index in [1.807, 2.05) is 12.1 Å². The molecule has 0 spiro atoms. The largest absolute Gasteiger partial charge is 0.366 e. The number of nitrogens with zero attached hydrogens (tertiary/aromatic N) is 2. The Hall–Kier alpha value is -2.15. The number of hydroxylamine groups is 2. The van der Waals surface area contributed by atoms with Gasteiger partial charge in [0.15, 0.2) is 0 Å². The van der Waals surface area contributed by atoms with Crippen molar-refractivity contribution in [1.29, 1.82) is 0 Å². The van der Waals surface area contributed by atoms with Crippen LogP contribution < -0.4 is 0 Å². The van der Waals surface area contributed by atoms with E-state index < -0.39 is 17.8 Å². The molecule has 1 fully saturated rings. The van der Waals surface area contributed by atoms with Crippen molar-refractivity contribution in [2.45, 2.75) is 12.8 Å². The molecule has 2 aromatic rings. The second-order valence-electron chi connectivity index (χ2n) is 4.78. The summed E-state index contributed by atoms with van der Waals surface area (Å²) >= 11 is 3.35. The quantitative estimate of drug-likeness (QED) is 0.778. The van der Waals surface area contributed by atoms with Crippen molar-refractivity contribution in [2.24, 2.45) is 7.05 Å². The van der Waals surface area contributed by atoms with Gasteiger partial charge in [-0.25, -0.2) is 4.79 Å². The van der Waals surface area contributed by atoms with Gasteiger partial charge in [0.1, 0.15) is 0 Å². The van der Waals surface area contributed by atoms with Crippen LogP contribution in [0.4, 0.5) is 0 Å². The number of amides is 2. The summed E-state index contributed by atoms with van der Waals surface area (Å²) in [5, 5.41) is 1.25. The van der Waals surface area contributed by atoms with Gasteiger partial charge in [-0.05, 0) is 18.2 Å². The molecule has 7 heteroatoms. The maximum atomic E-state index is 12.2. The van der Waals surface area contributed by atoms with Gasteiger partial charge < -0.3 is 9.40 Å². The Morgan fingerprint density at radius 1 is 1.24 bits per heavy atom. The maximum absolute atomic E-state index is 12.2. The lowest BCUT2D eigenvalue weighted by molar-refractivity contribution is -0.172. The van der Waals surface area contributed by atoms with Gasteiger partial charge in [-0.2, -0.15) is 0 Å². The molecule has 2 amide bonds. The number of fused-ring (bicyclic) bond motifs is 1. The Kier molecular flexibility index (Phi) is 3.29. The summed E-state index contributed by atoms with van der Waals surface area (Å²) < 4.78 is 2.61. The lowest BCUT2D eigenvalue weighted by Gasteiger charge is -2.11. The number of halogens is 1. The van der Waals surface area contributed by atoms with Crippen LogP contribution in [0.25, 0.3) is 10.9 Å². The third-order valence-electron chi connectivity index (χ3n) is 3.35. The number of rotatable bonds is 2. The van der Waals surface area contributed by atoms with Crippen LogP contribution in [0.2, 0.25) is 0 Å². The van der Waals surface area contributed by atoms with Crippen LogP contribution in [-0.4, -0.2) is 27.4 Å². The summed E-state index contributed by atoms with van der Waals surface area (Å²) in [6, 6.07) is 5.52. The fraction of sp³-hybridized carbons (Fsp3) is 0.214. The van der Waals surface area contributed by atoms with Crippen molar-refractivity contribution >= 4 is 44.6 Å². The van der Waals surface area contributed by atoms with Gasteiger partial charge in [0, 0.05) is 41.5 Å². The summed E-state index contributed by atoms with van der Waals surface area (Å²) in [5.74, 6) is -1.70. The topological polar surface area (TPSA) is 68.6 Å². The number of aryl methyl sites for hydroxylation is 1. The first-order valence-electron chi connectivity index (χ1n) is 6.30. The van der Waals surface area contributed by atoms with Crippen LogP contribution in [0.5, 0.6) is 0 Å². The second kappa shape index (κ2) is 5.00. The number of carbonyl (C=O) groups excluding carboxylic acids is 3. The second-order valence-corrected chi connectivity index (χ2v) is 5.69. The summed E-state index contributed by atoms with van der Waals surface area (Å²) in [4.78, 5) is 40.2. The zero-order valence-electron chi connectivity index (χ0n) is 11.1. The highest BCUT2D eigenvalue weighted by atomic mass is 79.9. The molecule has 0 radical (unpaired) electrons. The Morgan fingerprint density at radius 3 is 2.57 bits per heavy atom. The molecule has 2 heterocycles. The third-order valence-corrected chi connectivity index (χ3v) is 3.84. The number of aromatic nitrogens is 1. The van der Waals surface area contributed by atoms with Gasteiger partial charge in [-0.3, -0.25) is 9.59 Å². The van der Waals surface area contributed by atoms with E-state index in [-0.39, 0.29) is 12.8 Å². The SMILES string of the molecule is Cn1cc(C(=O)ON2C(=O)CCC2=O)c2cc(Br)ccc21. The molecule has 6 nitrogen and oxygen atoms in total. The van der Waals surface area contributed by atoms with Crippen molar-refractivity contribution in [3.63, 3.8) is 0 Å². The molecular formula is C14H11BrN2O4. The highest BCUT2D eigenvalue weighted by Gasteiger charge is 2.33. The van der Waals surface area contributed by atoms with Crippen LogP contribution in [0.1, 0.15) is 23.2 Å². The monoisotopic (exact) mass is 350 g/mol. The normalized spacial score (nSPS) is 15.0. The zero-order valence-corrected chi connectivity index (χ0v) is 12.7. The smallest absolute Gasteiger partial charge is 0.350 e. The molecule has 108 valence electrons. The van der Waals surface area contributed by atoms with Crippen molar-refractivity contribution in [3.05, 3.63) is 34.4 Å². The summed E-state index contributed by atoms with van der Waals surface area (Å²) in [6.07, 6.45) is 1.77. The molecule has 0 saturated carbocycles. The van der Waals surface area contributed by atoms with Gasteiger partial charge >= 0.3 is 5.97 Å². The Morgan fingerprint density at radius 2 is 1.90 bits per heavy atom. The molecule has 1 aromatic heterocycles. The minimum Gasteiger partial charge on any atom is -0.350 e. The number of imide groups is 1. The standard InChI is InChI=1S/C14H11BrN2O4/c1-16-7-10(9-6-8(15)2-3-11(9)16)14(20)21-17-12(18)4-5-13(17)19/h2-3,6-7H,4-5H2,1H3. The molecule has 0 N–H and O–H groups in total. The molecule has 0 aliphatic carbocycles. The van der Waals surface area contributed by atoms with E-state index >= 15 is 0 Å². The van der Waals surface area contributed by atoms with Crippen LogP contribution in [0, 0.1) is 0 Å². The lowest BCUT2D eigenvalue weighted by atomic mass is 10.2. The summed E-state index contributed by atoms with van der Waals surface area (Å²) in [5.41, 5.74) is 1.16. The average molecular weight is 351 g/mol. The van der Waals surface area contributed by atoms with Crippen LogP contribution in [0.3, 0.4) is 0 Å². The van der Waals surface area contributed by atoms with E-state index in [0.29, 0.717) is 16.0 Å². The van der Waals surface area contributed by atoms with Gasteiger partial charge in [-0.1, -0.05) is 15.9 Å². The summed E-state index contributed by atoms with van der Waals surface area (Å²) in [6.45, 7) is 0. The first-order chi connectivity index (χ1) is 9.97. The lowest BCUT2D eigenvalue weighted by Crippen LogP contribution is -2.32. The van der Waals surface area contributed by atoms with E-state index in [4.69, 9.17) is 4.84 Å². The number of hydrogen-bond acceptors (Lipinski definition) is 4. The molecule has 3 rings (SSSR count). The van der Waals surface area contributed by atoms with Crippen LogP contribution in [0.15, 0.2) is 28.9 Å². The molecular weight excluding hydrogens is 340 g/mol. The van der Waals surface area contributed by atoms with Crippen LogP contribution >= 0.6 is 15.9 Å². The fourth-order valence-electron chi connectivity index (χ4n) is 2.32. The summed E-state index contributed by atoms with van der Waals surface area (Å²) in [7, 11) is 1.80. The Bertz CT molecular complexity index is 765. The van der Waals surface area contributed by atoms with Crippen molar-refractivity contribution < 1.29 is 19.2 Å². The molecule has 0 atom stereocenters. The molecule has 21 heavy (non-hydrogen) atoms. The van der Waals surface area contributed by atoms with E-state index in [0.717, 1.165) is 9.99 Å². The molecule has 1 aliphatic rings. The first-order valence-corrected chi connectivity index (χ1v) is 7.09. The van der Waals surface area contributed by atoms with Crippen LogP contribution in [-0.2, 0) is 21.5 Å². The van der Waals surface area contributed by atoms with Crippen molar-refractivity contribution in [1.82, 2.24) is 9.63 Å². The van der Waals surface area contributed by atoms with E-state index in [9.17, 15) is 14.4 Å². The fourth-order valence-corrected chi connectivity index (χ4v) is 2.68. The number of benzene rings is 1. The minimum absolute atomic E-state index is 0.0766. The molecule has 1 saturated heterocycles. The molecule has 1 aromatic carbocycles. The van der Waals surface area contributed by atoms with Gasteiger partial charge in [0.2, 0.25) is 0 Å². The predicted molar refractivity (Wildman–Crippen MR) is 77.1 cm³/mol. The first kappa shape index (κ1) is 13.8. The average Bonchev–Trinajstić information content (AvgIpc) is 2.93. The van der Waals surface area contributed by atoms with Crippen molar-refractivity contribution in [2.75, 3.05) is 0 Å². The number of carbonyl (C=O) groups is 3. The zero-order chi connectivity index (χ0) is 15.1. The maximum Gasteiger partial charge on any atom is 0.366 e. The number of hydrogen-bond donors (Lipinski definition) is 0. The Balaban J connectivity index is 1.96. The minimum atomic E-state index is -0.720.